The van der Waals surface area contributed by atoms with Crippen LogP contribution in [0.4, 0.5) is 11.8 Å². The number of nitrogens with two attached hydrogens (primary N) is 1. The van der Waals surface area contributed by atoms with Crippen molar-refractivity contribution in [3.8, 4) is 11.5 Å². The highest BCUT2D eigenvalue weighted by Gasteiger charge is 2.22. The highest BCUT2D eigenvalue weighted by Crippen LogP contribution is 2.33. The van der Waals surface area contributed by atoms with Crippen molar-refractivity contribution in [2.75, 3.05) is 51.6 Å². The first kappa shape index (κ1) is 15.2. The lowest BCUT2D eigenvalue weighted by Gasteiger charge is -2.19. The van der Waals surface area contributed by atoms with Crippen molar-refractivity contribution < 1.29 is 24.6 Å². The highest BCUT2D eigenvalue weighted by molar-refractivity contribution is 5.91. The van der Waals surface area contributed by atoms with Crippen molar-refractivity contribution >= 4 is 28.6 Å². The standard InChI is InChI=1S/C19H27N5O4/c1-24(8-5-7-21-18(25)14-6-4-9-28-14)19-22-13-11-16(27-3)15(26-2)10-12(13)17(20)23-19/h10-11,14H,4-9H2,1-3H3,(H,21,25)(H2,20,22,23)/i14D/hD3. The number of fused-ring (bicyclic) bond motifs is 1. The Labute approximate surface area is 170 Å². The fourth-order valence-electron chi connectivity index (χ4n) is 2.94. The van der Waals surface area contributed by atoms with Gasteiger partial charge in [-0.05, 0) is 25.3 Å². The Bertz CT molecular complexity index is 974. The van der Waals surface area contributed by atoms with E-state index in [0.717, 1.165) is 5.31 Å². The first-order valence-electron chi connectivity index (χ1n) is 10.9. The van der Waals surface area contributed by atoms with Crippen LogP contribution in [0.25, 0.3) is 10.9 Å². The van der Waals surface area contributed by atoms with E-state index in [4.69, 9.17) is 19.8 Å². The van der Waals surface area contributed by atoms with Gasteiger partial charge in [-0.25, -0.2) is 4.98 Å². The predicted octanol–water partition coefficient (Wildman–Crippen LogP) is 1.35. The molecule has 0 saturated carbocycles. The number of carbonyl (C=O) groups excluding carboxylic acids is 1. The molecule has 0 spiro atoms. The number of aromatic nitrogens is 2. The lowest BCUT2D eigenvalue weighted by Crippen LogP contribution is -2.36. The van der Waals surface area contributed by atoms with Crippen molar-refractivity contribution in [2.45, 2.75) is 25.3 Å². The van der Waals surface area contributed by atoms with Gasteiger partial charge in [0.1, 0.15) is 11.9 Å². The summed E-state index contributed by atoms with van der Waals surface area (Å²) in [4.78, 5) is 22.9. The molecule has 1 atom stereocenters. The van der Waals surface area contributed by atoms with Gasteiger partial charge in [0.15, 0.2) is 15.7 Å². The zero-order valence-electron chi connectivity index (χ0n) is 20.3. The van der Waals surface area contributed by atoms with Crippen LogP contribution in [0.2, 0.25) is 4.24 Å². The Kier molecular flexibility index (Phi) is 4.83. The average Bonchev–Trinajstić information content (AvgIpc) is 3.23. The van der Waals surface area contributed by atoms with Gasteiger partial charge in [-0.1, -0.05) is 0 Å². The van der Waals surface area contributed by atoms with Crippen LogP contribution >= 0.6 is 0 Å². The molecule has 0 aliphatic carbocycles. The van der Waals surface area contributed by atoms with Gasteiger partial charge in [-0.3, -0.25) is 4.79 Å². The fourth-order valence-corrected chi connectivity index (χ4v) is 2.94. The molecule has 9 heteroatoms. The van der Waals surface area contributed by atoms with Gasteiger partial charge in [0.2, 0.25) is 11.9 Å². The van der Waals surface area contributed by atoms with Gasteiger partial charge >= 0.3 is 0 Å². The van der Waals surface area contributed by atoms with E-state index in [-0.39, 0.29) is 18.3 Å². The first-order chi connectivity index (χ1) is 15.2. The minimum absolute atomic E-state index is 0.0737. The van der Waals surface area contributed by atoms with Crippen LogP contribution in [0.1, 0.15) is 20.6 Å². The number of hydrogen-bond donors (Lipinski definition) is 2. The number of carbonyl (C=O) groups is 1. The maximum atomic E-state index is 12.3. The molecule has 28 heavy (non-hydrogen) atoms. The summed E-state index contributed by atoms with van der Waals surface area (Å²) in [5, 5.41) is 1.23. The van der Waals surface area contributed by atoms with E-state index in [9.17, 15) is 4.79 Å². The van der Waals surface area contributed by atoms with Crippen molar-refractivity contribution in [2.24, 2.45) is 0 Å². The Morgan fingerprint density at radius 3 is 2.93 bits per heavy atom. The quantitative estimate of drug-likeness (QED) is 0.657. The van der Waals surface area contributed by atoms with Crippen molar-refractivity contribution in [3.63, 3.8) is 0 Å². The maximum Gasteiger partial charge on any atom is 0.249 e. The summed E-state index contributed by atoms with van der Waals surface area (Å²) in [6, 6.07) is 3.27. The third-order valence-corrected chi connectivity index (χ3v) is 4.48. The smallest absolute Gasteiger partial charge is 0.249 e. The van der Waals surface area contributed by atoms with Crippen LogP contribution in [0.5, 0.6) is 11.5 Å². The topological polar surface area (TPSA) is 112 Å². The van der Waals surface area contributed by atoms with E-state index >= 15 is 0 Å². The zero-order valence-corrected chi connectivity index (χ0v) is 16.3. The second-order valence-corrected chi connectivity index (χ2v) is 6.41. The highest BCUT2D eigenvalue weighted by atomic mass is 16.5. The molecule has 1 aromatic carbocycles. The Hall–Kier alpha value is -2.81. The van der Waals surface area contributed by atoms with E-state index in [1.165, 1.54) is 14.2 Å². The lowest BCUT2D eigenvalue weighted by molar-refractivity contribution is -0.130. The number of anilines is 2. The zero-order chi connectivity index (χ0) is 23.5. The fraction of sp³-hybridized carbons (Fsp3) is 0.526. The molecule has 1 aliphatic heterocycles. The number of benzene rings is 1. The van der Waals surface area contributed by atoms with Gasteiger partial charge in [-0.2, -0.15) is 4.98 Å². The Balaban J connectivity index is 1.74. The molecule has 2 aromatic rings. The number of rotatable bonds is 9. The monoisotopic (exact) mass is 393 g/mol. The SMILES string of the molecule is [2H]N(CCCN(C)c1nc(N([2H])[2H])c2cc(OC)c(OC)cc2n1)C(=O)C1([2H])CCCO1. The molecule has 1 amide bonds. The molecule has 3 rings (SSSR count). The molecule has 1 unspecified atom stereocenters. The first-order valence-corrected chi connectivity index (χ1v) is 9.07. The lowest BCUT2D eigenvalue weighted by atomic mass is 10.2. The number of nitrogens with zero attached hydrogens (tertiary/aromatic N) is 3. The number of hydrogen-bond acceptors (Lipinski definition) is 8. The summed E-state index contributed by atoms with van der Waals surface area (Å²) in [5.41, 5.74) is 0.887. The van der Waals surface area contributed by atoms with E-state index < -0.39 is 12.0 Å². The van der Waals surface area contributed by atoms with E-state index in [0.29, 0.717) is 60.5 Å². The van der Waals surface area contributed by atoms with Gasteiger partial charge in [0, 0.05) is 38.2 Å². The number of nitrogen functional groups attached to an aromatic ring is 1. The molecule has 1 aromatic heterocycles. The van der Waals surface area contributed by atoms with Crippen LogP contribution in [-0.2, 0) is 9.53 Å². The van der Waals surface area contributed by atoms with Crippen LogP contribution in [0.15, 0.2) is 12.1 Å². The maximum absolute atomic E-state index is 12.3. The van der Waals surface area contributed by atoms with Crippen LogP contribution < -0.4 is 25.4 Å². The van der Waals surface area contributed by atoms with Crippen molar-refractivity contribution in [1.29, 1.82) is 0 Å². The van der Waals surface area contributed by atoms with Crippen molar-refractivity contribution in [1.82, 2.24) is 15.3 Å². The molecule has 2 heterocycles. The number of ether oxygens (including phenoxy) is 3. The van der Waals surface area contributed by atoms with Gasteiger partial charge in [0.05, 0.1) is 21.1 Å². The molecule has 152 valence electrons. The number of nitrogens with one attached hydrogen (secondary N) is 1. The molecule has 1 fully saturated rings. The predicted molar refractivity (Wildman–Crippen MR) is 107 cm³/mol. The molecule has 1 saturated heterocycles. The molecule has 9 nitrogen and oxygen atoms in total. The van der Waals surface area contributed by atoms with Gasteiger partial charge in [0.25, 0.3) is 0 Å². The third kappa shape index (κ3) is 4.36. The number of methoxy groups -OCH3 is 2. The molecular weight excluding hydrogens is 362 g/mol. The minimum atomic E-state index is -1.66. The second-order valence-electron chi connectivity index (χ2n) is 6.41. The van der Waals surface area contributed by atoms with Gasteiger partial charge < -0.3 is 30.1 Å². The molecule has 0 bridgehead atoms. The Morgan fingerprint density at radius 2 is 2.25 bits per heavy atom. The molecule has 1 aliphatic rings. The van der Waals surface area contributed by atoms with Gasteiger partial charge in [-0.15, -0.1) is 0 Å². The summed E-state index contributed by atoms with van der Waals surface area (Å²) in [6.07, 6.45) is -0.307. The minimum Gasteiger partial charge on any atom is -0.493 e. The van der Waals surface area contributed by atoms with E-state index in [2.05, 4.69) is 9.97 Å². The third-order valence-electron chi connectivity index (χ3n) is 4.48. The summed E-state index contributed by atoms with van der Waals surface area (Å²) in [7, 11) is 4.74. The Morgan fingerprint density at radius 1 is 1.46 bits per heavy atom. The summed E-state index contributed by atoms with van der Waals surface area (Å²) in [6.45, 7) is 0.873. The summed E-state index contributed by atoms with van der Waals surface area (Å²) >= 11 is 0. The van der Waals surface area contributed by atoms with E-state index in [1.807, 2.05) is 0 Å². The van der Waals surface area contributed by atoms with E-state index in [1.54, 1.807) is 24.1 Å². The molecule has 3 N–H and O–H groups in total. The van der Waals surface area contributed by atoms with Crippen LogP contribution in [0, 0.1) is 0 Å². The normalized spacial score (nSPS) is 20.7. The second kappa shape index (κ2) is 8.92. The van der Waals surface area contributed by atoms with Crippen molar-refractivity contribution in [3.05, 3.63) is 12.1 Å². The largest absolute Gasteiger partial charge is 0.493 e. The summed E-state index contributed by atoms with van der Waals surface area (Å²) in [5.74, 6) is 0.586. The van der Waals surface area contributed by atoms with Crippen LogP contribution in [-0.4, -0.2) is 62.9 Å². The molecule has 0 radical (unpaired) electrons. The summed E-state index contributed by atoms with van der Waals surface area (Å²) < 4.78 is 47.3. The average molecular weight is 393 g/mol. The molecular formula is C19H27N5O4. The number of amides is 1. The van der Waals surface area contributed by atoms with Crippen LogP contribution in [0.3, 0.4) is 0 Å².